The van der Waals surface area contributed by atoms with Crippen molar-refractivity contribution in [2.75, 3.05) is 29.1 Å². The van der Waals surface area contributed by atoms with E-state index in [0.717, 1.165) is 19.4 Å². The van der Waals surface area contributed by atoms with Gasteiger partial charge in [-0.05, 0) is 43.2 Å². The number of benzene rings is 2. The van der Waals surface area contributed by atoms with Crippen molar-refractivity contribution in [1.82, 2.24) is 0 Å². The summed E-state index contributed by atoms with van der Waals surface area (Å²) in [4.78, 5) is 12.1. The van der Waals surface area contributed by atoms with Gasteiger partial charge in [0.15, 0.2) is 0 Å². The lowest BCUT2D eigenvalue weighted by Crippen LogP contribution is -2.18. The van der Waals surface area contributed by atoms with Crippen LogP contribution in [0.15, 0.2) is 42.6 Å². The van der Waals surface area contributed by atoms with Crippen LogP contribution >= 0.6 is 0 Å². The first kappa shape index (κ1) is 17.5. The normalized spacial score (nSPS) is 19.9. The van der Waals surface area contributed by atoms with Gasteiger partial charge in [0.2, 0.25) is 0 Å². The van der Waals surface area contributed by atoms with Crippen molar-refractivity contribution in [2.24, 2.45) is 0 Å². The molecule has 1 atom stereocenters. The van der Waals surface area contributed by atoms with Gasteiger partial charge in [-0.15, -0.1) is 0 Å². The summed E-state index contributed by atoms with van der Waals surface area (Å²) >= 11 is 0. The molecular formula is C20H19F2N3O2. The van der Waals surface area contributed by atoms with Crippen molar-refractivity contribution in [2.45, 2.75) is 18.9 Å². The summed E-state index contributed by atoms with van der Waals surface area (Å²) in [6.45, 7) is 1.31. The number of carbonyl (C=O) groups excluding carboxylic acids is 1. The van der Waals surface area contributed by atoms with Gasteiger partial charge < -0.3 is 20.7 Å². The summed E-state index contributed by atoms with van der Waals surface area (Å²) in [6.07, 6.45) is 3.51. The fourth-order valence-electron chi connectivity index (χ4n) is 3.28. The number of hydrogen-bond acceptors (Lipinski definition) is 4. The molecule has 0 aromatic heterocycles. The molecule has 1 amide bonds. The van der Waals surface area contributed by atoms with Crippen LogP contribution < -0.4 is 16.0 Å². The molecule has 1 saturated heterocycles. The van der Waals surface area contributed by atoms with Crippen molar-refractivity contribution in [3.63, 3.8) is 0 Å². The third-order valence-corrected chi connectivity index (χ3v) is 4.67. The lowest BCUT2D eigenvalue weighted by molar-refractivity contribution is -0.110. The van der Waals surface area contributed by atoms with Gasteiger partial charge in [-0.3, -0.25) is 4.79 Å². The van der Waals surface area contributed by atoms with Gasteiger partial charge in [-0.2, -0.15) is 0 Å². The molecule has 0 spiro atoms. The van der Waals surface area contributed by atoms with Gasteiger partial charge >= 0.3 is 0 Å². The van der Waals surface area contributed by atoms with E-state index >= 15 is 0 Å². The maximum Gasteiger partial charge on any atom is 0.257 e. The Morgan fingerprint density at radius 2 is 2.11 bits per heavy atom. The van der Waals surface area contributed by atoms with E-state index in [1.165, 1.54) is 24.4 Å². The first-order valence-electron chi connectivity index (χ1n) is 8.84. The molecule has 0 bridgehead atoms. The molecule has 1 unspecified atom stereocenters. The summed E-state index contributed by atoms with van der Waals surface area (Å²) in [7, 11) is 0. The molecule has 4 rings (SSSR count). The number of nitrogens with one attached hydrogen (secondary N) is 3. The largest absolute Gasteiger partial charge is 0.380 e. The number of rotatable bonds is 5. The molecule has 5 nitrogen and oxygen atoms in total. The van der Waals surface area contributed by atoms with Crippen LogP contribution in [0.3, 0.4) is 0 Å². The molecule has 0 radical (unpaired) electrons. The highest BCUT2D eigenvalue weighted by molar-refractivity contribution is 6.31. The van der Waals surface area contributed by atoms with E-state index in [1.54, 1.807) is 18.2 Å². The molecule has 2 aromatic rings. The number of hydrogen-bond donors (Lipinski definition) is 3. The van der Waals surface area contributed by atoms with E-state index in [9.17, 15) is 13.6 Å². The predicted octanol–water partition coefficient (Wildman–Crippen LogP) is 3.96. The highest BCUT2D eigenvalue weighted by Crippen LogP contribution is 2.33. The number of amides is 1. The minimum Gasteiger partial charge on any atom is -0.380 e. The zero-order valence-electron chi connectivity index (χ0n) is 14.5. The van der Waals surface area contributed by atoms with Crippen LogP contribution in [0, 0.1) is 11.6 Å². The predicted molar refractivity (Wildman–Crippen MR) is 100 cm³/mol. The van der Waals surface area contributed by atoms with Crippen LogP contribution in [0.2, 0.25) is 0 Å². The number of anilines is 3. The molecule has 27 heavy (non-hydrogen) atoms. The topological polar surface area (TPSA) is 62.4 Å². The Bertz CT molecular complexity index is 908. The first-order valence-corrected chi connectivity index (χ1v) is 8.84. The maximum atomic E-state index is 14.3. The smallest absolute Gasteiger partial charge is 0.257 e. The van der Waals surface area contributed by atoms with E-state index in [2.05, 4.69) is 16.0 Å². The molecule has 0 saturated carbocycles. The van der Waals surface area contributed by atoms with Crippen LogP contribution in [-0.4, -0.2) is 25.2 Å². The maximum absolute atomic E-state index is 14.3. The molecule has 0 aliphatic carbocycles. The third-order valence-electron chi connectivity index (χ3n) is 4.67. The van der Waals surface area contributed by atoms with Crippen molar-refractivity contribution in [1.29, 1.82) is 0 Å². The average molecular weight is 371 g/mol. The second-order valence-electron chi connectivity index (χ2n) is 6.53. The first-order chi connectivity index (χ1) is 13.1. The molecule has 7 heteroatoms. The number of ether oxygens (including phenoxy) is 1. The van der Waals surface area contributed by atoms with Gasteiger partial charge in [-0.1, -0.05) is 6.07 Å². The molecular weight excluding hydrogens is 352 g/mol. The van der Waals surface area contributed by atoms with Gasteiger partial charge in [0.1, 0.15) is 11.6 Å². The number of halogens is 2. The fraction of sp³-hybridized carbons (Fsp3) is 0.250. The fourth-order valence-corrected chi connectivity index (χ4v) is 3.28. The van der Waals surface area contributed by atoms with Gasteiger partial charge in [0, 0.05) is 30.6 Å². The van der Waals surface area contributed by atoms with Crippen LogP contribution in [0.5, 0.6) is 0 Å². The lowest BCUT2D eigenvalue weighted by Gasteiger charge is -2.13. The second kappa shape index (κ2) is 7.36. The monoisotopic (exact) mass is 371 g/mol. The van der Waals surface area contributed by atoms with Crippen molar-refractivity contribution in [3.05, 3.63) is 59.8 Å². The minimum atomic E-state index is -0.487. The van der Waals surface area contributed by atoms with E-state index in [-0.39, 0.29) is 17.2 Å². The van der Waals surface area contributed by atoms with Gasteiger partial charge in [0.25, 0.3) is 5.91 Å². The average Bonchev–Trinajstić information content (AvgIpc) is 3.27. The molecule has 3 N–H and O–H groups in total. The zero-order chi connectivity index (χ0) is 18.8. The Kier molecular flexibility index (Phi) is 4.77. The molecule has 140 valence electrons. The number of carbonyl (C=O) groups is 1. The van der Waals surface area contributed by atoms with E-state index in [4.69, 9.17) is 4.74 Å². The van der Waals surface area contributed by atoms with Crippen molar-refractivity contribution >= 4 is 28.5 Å². The third kappa shape index (κ3) is 3.64. The Balaban J connectivity index is 1.46. The zero-order valence-corrected chi connectivity index (χ0v) is 14.5. The standard InChI is InChI=1S/C20H19F2N3O2/c21-15-4-1-5-18-19(15)14(20(26)25-18)11-23-12-6-7-17(16(22)9-12)24-10-13-3-2-8-27-13/h1,4-7,9,11,13,23-24H,2-3,8,10H2,(H,25,26)/b14-11+. The summed E-state index contributed by atoms with van der Waals surface area (Å²) in [5.74, 6) is -1.31. The van der Waals surface area contributed by atoms with Gasteiger partial charge in [0.05, 0.1) is 23.1 Å². The van der Waals surface area contributed by atoms with Crippen molar-refractivity contribution in [3.8, 4) is 0 Å². The van der Waals surface area contributed by atoms with E-state index < -0.39 is 17.5 Å². The van der Waals surface area contributed by atoms with E-state index in [0.29, 0.717) is 23.6 Å². The SMILES string of the molecule is O=C1Nc2cccc(F)c2/C1=C\Nc1ccc(NCC2CCCO2)c(F)c1. The molecule has 2 aliphatic rings. The number of fused-ring (bicyclic) bond motifs is 1. The molecule has 1 fully saturated rings. The molecule has 2 aromatic carbocycles. The minimum absolute atomic E-state index is 0.114. The summed E-state index contributed by atoms with van der Waals surface area (Å²) < 4.78 is 33.8. The molecule has 2 heterocycles. The quantitative estimate of drug-likeness (QED) is 0.696. The summed E-state index contributed by atoms with van der Waals surface area (Å²) in [5.41, 5.74) is 1.65. The van der Waals surface area contributed by atoms with Crippen LogP contribution in [0.1, 0.15) is 18.4 Å². The Hall–Kier alpha value is -2.93. The summed E-state index contributed by atoms with van der Waals surface area (Å²) in [5, 5.41) is 8.52. The Labute approximate surface area is 155 Å². The Morgan fingerprint density at radius 3 is 2.89 bits per heavy atom. The van der Waals surface area contributed by atoms with Gasteiger partial charge in [-0.25, -0.2) is 8.78 Å². The van der Waals surface area contributed by atoms with Crippen molar-refractivity contribution < 1.29 is 18.3 Å². The van der Waals surface area contributed by atoms with E-state index in [1.807, 2.05) is 0 Å². The van der Waals surface area contributed by atoms with Crippen LogP contribution in [0.25, 0.3) is 5.57 Å². The second-order valence-corrected chi connectivity index (χ2v) is 6.53. The highest BCUT2D eigenvalue weighted by Gasteiger charge is 2.27. The van der Waals surface area contributed by atoms with Crippen LogP contribution in [-0.2, 0) is 9.53 Å². The summed E-state index contributed by atoms with van der Waals surface area (Å²) in [6, 6.07) is 9.08. The molecule has 2 aliphatic heterocycles. The van der Waals surface area contributed by atoms with Crippen LogP contribution in [0.4, 0.5) is 25.8 Å². The highest BCUT2D eigenvalue weighted by atomic mass is 19.1. The Morgan fingerprint density at radius 1 is 1.22 bits per heavy atom. The lowest BCUT2D eigenvalue weighted by atomic mass is 10.1.